The van der Waals surface area contributed by atoms with E-state index in [9.17, 15) is 4.21 Å². The third kappa shape index (κ3) is 3.24. The van der Waals surface area contributed by atoms with Crippen LogP contribution in [-0.4, -0.2) is 39.3 Å². The summed E-state index contributed by atoms with van der Waals surface area (Å²) in [5.41, 5.74) is 0. The zero-order chi connectivity index (χ0) is 9.80. The molecule has 1 N–H and O–H groups in total. The normalized spacial score (nSPS) is 38.7. The minimum absolute atomic E-state index is 0.512. The maximum absolute atomic E-state index is 11.1. The van der Waals surface area contributed by atoms with E-state index in [0.29, 0.717) is 6.04 Å². The lowest BCUT2D eigenvalue weighted by Gasteiger charge is -2.23. The SMILES string of the molecule is O=S1CCC(NCC2CCCS2)CC1. The Morgan fingerprint density at radius 3 is 2.71 bits per heavy atom. The molecule has 2 aliphatic heterocycles. The molecule has 2 aliphatic rings. The quantitative estimate of drug-likeness (QED) is 0.798. The van der Waals surface area contributed by atoms with Crippen LogP contribution in [0.4, 0.5) is 0 Å². The predicted octanol–water partition coefficient (Wildman–Crippen LogP) is 1.38. The fourth-order valence-corrected chi connectivity index (χ4v) is 4.61. The number of nitrogens with one attached hydrogen (secondary N) is 1. The minimum atomic E-state index is -0.512. The van der Waals surface area contributed by atoms with Crippen LogP contribution in [0.15, 0.2) is 0 Å². The highest BCUT2D eigenvalue weighted by Crippen LogP contribution is 2.25. The number of hydrogen-bond donors (Lipinski definition) is 1. The second-order valence-electron chi connectivity index (χ2n) is 4.17. The van der Waals surface area contributed by atoms with Crippen molar-refractivity contribution >= 4 is 22.6 Å². The van der Waals surface area contributed by atoms with E-state index in [1.807, 2.05) is 0 Å². The lowest BCUT2D eigenvalue weighted by molar-refractivity contribution is 0.472. The molecule has 2 fully saturated rings. The Balaban J connectivity index is 1.63. The molecule has 0 spiro atoms. The van der Waals surface area contributed by atoms with E-state index in [4.69, 9.17) is 0 Å². The monoisotopic (exact) mass is 233 g/mol. The first-order valence-electron chi connectivity index (χ1n) is 5.54. The summed E-state index contributed by atoms with van der Waals surface area (Å²) in [6, 6.07) is 0.647. The van der Waals surface area contributed by atoms with Crippen LogP contribution in [0, 0.1) is 0 Å². The van der Waals surface area contributed by atoms with Crippen molar-refractivity contribution in [1.29, 1.82) is 0 Å². The fraction of sp³-hybridized carbons (Fsp3) is 1.00. The Hall–Kier alpha value is 0.460. The molecule has 0 aromatic heterocycles. The van der Waals surface area contributed by atoms with Crippen LogP contribution in [0.5, 0.6) is 0 Å². The molecule has 0 aliphatic carbocycles. The first-order chi connectivity index (χ1) is 6.84. The second kappa shape index (κ2) is 5.52. The topological polar surface area (TPSA) is 29.1 Å². The van der Waals surface area contributed by atoms with E-state index in [1.54, 1.807) is 0 Å². The standard InChI is InChI=1S/C10H19NOS2/c12-14-6-3-9(4-7-14)11-8-10-2-1-5-13-10/h9-11H,1-8H2. The molecule has 2 rings (SSSR count). The van der Waals surface area contributed by atoms with Crippen molar-refractivity contribution in [2.24, 2.45) is 0 Å². The van der Waals surface area contributed by atoms with E-state index in [2.05, 4.69) is 17.1 Å². The number of rotatable bonds is 3. The minimum Gasteiger partial charge on any atom is -0.313 e. The molecular weight excluding hydrogens is 214 g/mol. The van der Waals surface area contributed by atoms with Gasteiger partial charge in [0.2, 0.25) is 0 Å². The Labute approximate surface area is 93.1 Å². The van der Waals surface area contributed by atoms with Gasteiger partial charge < -0.3 is 5.32 Å². The molecule has 1 unspecified atom stereocenters. The van der Waals surface area contributed by atoms with E-state index < -0.39 is 10.8 Å². The van der Waals surface area contributed by atoms with Gasteiger partial charge in [-0.15, -0.1) is 0 Å². The van der Waals surface area contributed by atoms with Gasteiger partial charge in [0.05, 0.1) is 0 Å². The molecule has 0 aromatic carbocycles. The summed E-state index contributed by atoms with van der Waals surface area (Å²) in [5, 5.41) is 4.48. The maximum atomic E-state index is 11.1. The zero-order valence-corrected chi connectivity index (χ0v) is 10.2. The molecule has 0 amide bonds. The van der Waals surface area contributed by atoms with E-state index in [0.717, 1.165) is 29.6 Å². The van der Waals surface area contributed by atoms with Gasteiger partial charge in [-0.2, -0.15) is 11.8 Å². The molecule has 0 saturated carbocycles. The molecule has 2 heterocycles. The average molecular weight is 233 g/mol. The van der Waals surface area contributed by atoms with Gasteiger partial charge in [0.1, 0.15) is 0 Å². The molecule has 0 aromatic rings. The first-order valence-corrected chi connectivity index (χ1v) is 8.08. The molecule has 14 heavy (non-hydrogen) atoms. The lowest BCUT2D eigenvalue weighted by Crippen LogP contribution is -2.38. The highest BCUT2D eigenvalue weighted by atomic mass is 32.2. The summed E-state index contributed by atoms with van der Waals surface area (Å²) >= 11 is 2.11. The third-order valence-corrected chi connectivity index (χ3v) is 5.83. The van der Waals surface area contributed by atoms with Crippen molar-refractivity contribution in [3.63, 3.8) is 0 Å². The van der Waals surface area contributed by atoms with Crippen molar-refractivity contribution in [2.45, 2.75) is 37.0 Å². The predicted molar refractivity (Wildman–Crippen MR) is 64.4 cm³/mol. The van der Waals surface area contributed by atoms with Crippen LogP contribution in [-0.2, 0) is 10.8 Å². The number of thioether (sulfide) groups is 1. The first kappa shape index (κ1) is 11.0. The second-order valence-corrected chi connectivity index (χ2v) is 7.27. The van der Waals surface area contributed by atoms with Crippen molar-refractivity contribution in [1.82, 2.24) is 5.32 Å². The average Bonchev–Trinajstić information content (AvgIpc) is 2.70. The highest BCUT2D eigenvalue weighted by molar-refractivity contribution is 8.00. The summed E-state index contributed by atoms with van der Waals surface area (Å²) in [7, 11) is -0.512. The van der Waals surface area contributed by atoms with Gasteiger partial charge >= 0.3 is 0 Å². The summed E-state index contributed by atoms with van der Waals surface area (Å²) < 4.78 is 11.1. The Morgan fingerprint density at radius 2 is 2.07 bits per heavy atom. The van der Waals surface area contributed by atoms with Crippen LogP contribution in [0.2, 0.25) is 0 Å². The summed E-state index contributed by atoms with van der Waals surface area (Å²) in [5.74, 6) is 3.17. The van der Waals surface area contributed by atoms with Gasteiger partial charge in [-0.25, -0.2) is 0 Å². The van der Waals surface area contributed by atoms with Crippen LogP contribution in [0.25, 0.3) is 0 Å². The van der Waals surface area contributed by atoms with E-state index in [-0.39, 0.29) is 0 Å². The van der Waals surface area contributed by atoms with Gasteiger partial charge in [0.15, 0.2) is 0 Å². The van der Waals surface area contributed by atoms with E-state index >= 15 is 0 Å². The zero-order valence-electron chi connectivity index (χ0n) is 8.54. The Bertz CT molecular complexity index is 194. The molecule has 4 heteroatoms. The smallest absolute Gasteiger partial charge is 0.0249 e. The van der Waals surface area contributed by atoms with Crippen LogP contribution in [0.1, 0.15) is 25.7 Å². The van der Waals surface area contributed by atoms with Crippen molar-refractivity contribution in [2.75, 3.05) is 23.8 Å². The summed E-state index contributed by atoms with van der Waals surface area (Å²) in [6.07, 6.45) is 5.01. The van der Waals surface area contributed by atoms with Gasteiger partial charge in [-0.3, -0.25) is 4.21 Å². The molecule has 2 saturated heterocycles. The van der Waals surface area contributed by atoms with Crippen molar-refractivity contribution < 1.29 is 4.21 Å². The molecule has 1 atom stereocenters. The summed E-state index contributed by atoms with van der Waals surface area (Å²) in [6.45, 7) is 1.17. The van der Waals surface area contributed by atoms with E-state index in [1.165, 1.54) is 25.1 Å². The Kier molecular flexibility index (Phi) is 4.32. The van der Waals surface area contributed by atoms with Crippen LogP contribution >= 0.6 is 11.8 Å². The van der Waals surface area contributed by atoms with Crippen LogP contribution < -0.4 is 5.32 Å². The van der Waals surface area contributed by atoms with Gasteiger partial charge in [-0.1, -0.05) is 0 Å². The van der Waals surface area contributed by atoms with Gasteiger partial charge in [0, 0.05) is 40.1 Å². The third-order valence-electron chi connectivity index (χ3n) is 3.05. The molecule has 0 bridgehead atoms. The highest BCUT2D eigenvalue weighted by Gasteiger charge is 2.20. The molecule has 0 radical (unpaired) electrons. The number of hydrogen-bond acceptors (Lipinski definition) is 3. The molecule has 2 nitrogen and oxygen atoms in total. The largest absolute Gasteiger partial charge is 0.313 e. The lowest BCUT2D eigenvalue weighted by atomic mass is 10.1. The maximum Gasteiger partial charge on any atom is 0.0249 e. The Morgan fingerprint density at radius 1 is 1.29 bits per heavy atom. The molecular formula is C10H19NOS2. The van der Waals surface area contributed by atoms with Gasteiger partial charge in [-0.05, 0) is 31.4 Å². The van der Waals surface area contributed by atoms with Crippen molar-refractivity contribution in [3.05, 3.63) is 0 Å². The van der Waals surface area contributed by atoms with Crippen LogP contribution in [0.3, 0.4) is 0 Å². The summed E-state index contributed by atoms with van der Waals surface area (Å²) in [4.78, 5) is 0. The van der Waals surface area contributed by atoms with Gasteiger partial charge in [0.25, 0.3) is 0 Å². The fourth-order valence-electron chi connectivity index (χ4n) is 2.10. The van der Waals surface area contributed by atoms with Crippen molar-refractivity contribution in [3.8, 4) is 0 Å². The molecule has 82 valence electrons.